The second kappa shape index (κ2) is 8.46. The van der Waals surface area contributed by atoms with Crippen molar-refractivity contribution in [3.8, 4) is 0 Å². The Hall–Kier alpha value is -2.16. The van der Waals surface area contributed by atoms with Gasteiger partial charge < -0.3 is 10.6 Å². The van der Waals surface area contributed by atoms with Gasteiger partial charge in [-0.25, -0.2) is 4.39 Å². The van der Waals surface area contributed by atoms with Crippen molar-refractivity contribution in [2.45, 2.75) is 56.9 Å². The zero-order valence-corrected chi connectivity index (χ0v) is 15.3. The molecule has 2 fully saturated rings. The highest BCUT2D eigenvalue weighted by Gasteiger charge is 2.36. The number of halogens is 4. The van der Waals surface area contributed by atoms with Gasteiger partial charge in [0.25, 0.3) is 0 Å². The zero-order valence-electron chi connectivity index (χ0n) is 15.3. The van der Waals surface area contributed by atoms with Gasteiger partial charge >= 0.3 is 6.18 Å². The van der Waals surface area contributed by atoms with Crippen LogP contribution < -0.4 is 10.6 Å². The molecular formula is C19H23F4N3O2. The molecule has 9 heteroatoms. The number of hydrogen-bond acceptors (Lipinski definition) is 3. The molecule has 2 aliphatic rings. The van der Waals surface area contributed by atoms with Crippen LogP contribution in [0.4, 0.5) is 17.6 Å². The molecule has 1 heterocycles. The molecule has 2 N–H and O–H groups in total. The van der Waals surface area contributed by atoms with Crippen LogP contribution in [-0.4, -0.2) is 41.9 Å². The molecule has 1 saturated carbocycles. The van der Waals surface area contributed by atoms with E-state index in [4.69, 9.17) is 0 Å². The van der Waals surface area contributed by atoms with Crippen LogP contribution in [0.15, 0.2) is 18.2 Å². The smallest absolute Gasteiger partial charge is 0.353 e. The summed E-state index contributed by atoms with van der Waals surface area (Å²) in [5.41, 5.74) is -1.09. The summed E-state index contributed by atoms with van der Waals surface area (Å²) >= 11 is 0. The molecular weight excluding hydrogens is 378 g/mol. The number of nitrogens with one attached hydrogen (secondary N) is 2. The van der Waals surface area contributed by atoms with E-state index in [-0.39, 0.29) is 30.5 Å². The van der Waals surface area contributed by atoms with Gasteiger partial charge in [0.15, 0.2) is 0 Å². The molecule has 28 heavy (non-hydrogen) atoms. The van der Waals surface area contributed by atoms with Crippen LogP contribution >= 0.6 is 0 Å². The number of alkyl halides is 3. The Morgan fingerprint density at radius 1 is 1.21 bits per heavy atom. The van der Waals surface area contributed by atoms with E-state index in [1.165, 1.54) is 0 Å². The van der Waals surface area contributed by atoms with E-state index in [1.807, 2.05) is 0 Å². The van der Waals surface area contributed by atoms with Crippen LogP contribution in [0.3, 0.4) is 0 Å². The van der Waals surface area contributed by atoms with Crippen LogP contribution in [0.1, 0.15) is 43.2 Å². The first-order chi connectivity index (χ1) is 13.2. The van der Waals surface area contributed by atoms with E-state index in [0.29, 0.717) is 19.2 Å². The van der Waals surface area contributed by atoms with Crippen LogP contribution in [-0.2, 0) is 22.3 Å². The zero-order chi connectivity index (χ0) is 20.3. The molecule has 0 aromatic heterocycles. The van der Waals surface area contributed by atoms with Gasteiger partial charge in [-0.05, 0) is 36.6 Å². The maximum absolute atomic E-state index is 13.5. The van der Waals surface area contributed by atoms with Crippen LogP contribution in [0.25, 0.3) is 0 Å². The molecule has 5 nitrogen and oxygen atoms in total. The van der Waals surface area contributed by atoms with Crippen LogP contribution in [0.2, 0.25) is 0 Å². The van der Waals surface area contributed by atoms with E-state index >= 15 is 0 Å². The highest BCUT2D eigenvalue weighted by Crippen LogP contribution is 2.30. The van der Waals surface area contributed by atoms with Gasteiger partial charge in [0.05, 0.1) is 18.0 Å². The molecule has 1 aromatic carbocycles. The van der Waals surface area contributed by atoms with E-state index in [0.717, 1.165) is 37.8 Å². The minimum atomic E-state index is -4.66. The number of carbonyl (C=O) groups is 2. The lowest BCUT2D eigenvalue weighted by Gasteiger charge is -2.38. The number of nitrogens with zero attached hydrogens (tertiary/aromatic N) is 1. The minimum Gasteiger partial charge on any atom is -0.353 e. The lowest BCUT2D eigenvalue weighted by atomic mass is 10.0. The van der Waals surface area contributed by atoms with Gasteiger partial charge in [0.2, 0.25) is 11.8 Å². The topological polar surface area (TPSA) is 61.4 Å². The van der Waals surface area contributed by atoms with E-state index in [1.54, 1.807) is 0 Å². The first-order valence-electron chi connectivity index (χ1n) is 9.41. The van der Waals surface area contributed by atoms with E-state index < -0.39 is 29.5 Å². The van der Waals surface area contributed by atoms with Gasteiger partial charge in [0.1, 0.15) is 5.82 Å². The SMILES string of the molecule is O=C(CC1C(=O)NCCN1C1CCCC1)NCc1cc(F)cc(C(F)(F)F)c1. The Labute approximate surface area is 160 Å². The quantitative estimate of drug-likeness (QED) is 0.746. The number of benzene rings is 1. The second-order valence-electron chi connectivity index (χ2n) is 7.31. The predicted octanol–water partition coefficient (Wildman–Crippen LogP) is 2.59. The first kappa shape index (κ1) is 20.6. The Bertz CT molecular complexity index is 732. The summed E-state index contributed by atoms with van der Waals surface area (Å²) in [6.45, 7) is 0.974. The van der Waals surface area contributed by atoms with Crippen molar-refractivity contribution in [1.82, 2.24) is 15.5 Å². The maximum Gasteiger partial charge on any atom is 0.416 e. The largest absolute Gasteiger partial charge is 0.416 e. The third-order valence-corrected chi connectivity index (χ3v) is 5.32. The maximum atomic E-state index is 13.5. The summed E-state index contributed by atoms with van der Waals surface area (Å²) in [6.07, 6.45) is -0.554. The molecule has 0 radical (unpaired) electrons. The Kier molecular flexibility index (Phi) is 6.22. The molecule has 1 unspecified atom stereocenters. The van der Waals surface area contributed by atoms with Crippen LogP contribution in [0, 0.1) is 5.82 Å². The molecule has 1 aliphatic carbocycles. The third kappa shape index (κ3) is 5.01. The van der Waals surface area contributed by atoms with Crippen molar-refractivity contribution < 1.29 is 27.2 Å². The van der Waals surface area contributed by atoms with Crippen molar-refractivity contribution in [2.24, 2.45) is 0 Å². The van der Waals surface area contributed by atoms with Crippen molar-refractivity contribution >= 4 is 11.8 Å². The van der Waals surface area contributed by atoms with Gasteiger partial charge in [-0.3, -0.25) is 14.5 Å². The first-order valence-corrected chi connectivity index (χ1v) is 9.41. The Morgan fingerprint density at radius 3 is 2.61 bits per heavy atom. The normalized spacial score (nSPS) is 21.6. The van der Waals surface area contributed by atoms with E-state index in [2.05, 4.69) is 15.5 Å². The molecule has 1 aromatic rings. The average molecular weight is 401 g/mol. The van der Waals surface area contributed by atoms with Crippen LogP contribution in [0.5, 0.6) is 0 Å². The third-order valence-electron chi connectivity index (χ3n) is 5.32. The standard InChI is InChI=1S/C19H23F4N3O2/c20-14-8-12(7-13(9-14)19(21,22)23)11-25-17(27)10-16-18(28)24-5-6-26(16)15-3-1-2-4-15/h7-9,15-16H,1-6,10-11H2,(H,24,28)(H,25,27). The molecule has 3 rings (SSSR count). The monoisotopic (exact) mass is 401 g/mol. The van der Waals surface area contributed by atoms with Crippen molar-refractivity contribution in [3.05, 3.63) is 35.1 Å². The van der Waals surface area contributed by atoms with Crippen molar-refractivity contribution in [3.63, 3.8) is 0 Å². The highest BCUT2D eigenvalue weighted by atomic mass is 19.4. The fourth-order valence-electron chi connectivity index (χ4n) is 3.98. The van der Waals surface area contributed by atoms with Gasteiger partial charge in [0, 0.05) is 25.7 Å². The summed E-state index contributed by atoms with van der Waals surface area (Å²) in [4.78, 5) is 26.7. The molecule has 1 aliphatic heterocycles. The molecule has 0 spiro atoms. The van der Waals surface area contributed by atoms with Crippen molar-refractivity contribution in [1.29, 1.82) is 0 Å². The van der Waals surface area contributed by atoms with Gasteiger partial charge in [-0.15, -0.1) is 0 Å². The molecule has 1 atom stereocenters. The molecule has 154 valence electrons. The Morgan fingerprint density at radius 2 is 1.93 bits per heavy atom. The number of rotatable bonds is 5. The molecule has 1 saturated heterocycles. The lowest BCUT2D eigenvalue weighted by Crippen LogP contribution is -2.59. The highest BCUT2D eigenvalue weighted by molar-refractivity contribution is 5.88. The molecule has 0 bridgehead atoms. The second-order valence-corrected chi connectivity index (χ2v) is 7.31. The molecule has 2 amide bonds. The summed E-state index contributed by atoms with van der Waals surface area (Å²) in [7, 11) is 0. The minimum absolute atomic E-state index is 0.0152. The Balaban J connectivity index is 1.61. The predicted molar refractivity (Wildman–Crippen MR) is 93.6 cm³/mol. The fourth-order valence-corrected chi connectivity index (χ4v) is 3.98. The van der Waals surface area contributed by atoms with Crippen molar-refractivity contribution in [2.75, 3.05) is 13.1 Å². The summed E-state index contributed by atoms with van der Waals surface area (Å²) in [6, 6.07) is 1.86. The van der Waals surface area contributed by atoms with Gasteiger partial charge in [-0.2, -0.15) is 13.2 Å². The lowest BCUT2D eigenvalue weighted by molar-refractivity contribution is -0.137. The van der Waals surface area contributed by atoms with Gasteiger partial charge in [-0.1, -0.05) is 12.8 Å². The number of hydrogen-bond donors (Lipinski definition) is 2. The number of amides is 2. The summed E-state index contributed by atoms with van der Waals surface area (Å²) in [5, 5.41) is 5.27. The summed E-state index contributed by atoms with van der Waals surface area (Å²) < 4.78 is 51.8. The number of piperazine rings is 1. The summed E-state index contributed by atoms with van der Waals surface area (Å²) in [5.74, 6) is -1.68. The average Bonchev–Trinajstić information content (AvgIpc) is 3.15. The fraction of sp³-hybridized carbons (Fsp3) is 0.579. The number of carbonyl (C=O) groups excluding carboxylic acids is 2. The van der Waals surface area contributed by atoms with E-state index in [9.17, 15) is 27.2 Å².